The molecule has 19 heavy (non-hydrogen) atoms. The fourth-order valence-electron chi connectivity index (χ4n) is 2.98. The molecule has 0 fully saturated rings. The van der Waals surface area contributed by atoms with Crippen LogP contribution in [0.2, 0.25) is 0 Å². The molecular weight excluding hydrogens is 237 g/mol. The SMILES string of the molecule is CCCNC(c1c(C)cc(F)cc1C)C(CC)CC. The van der Waals surface area contributed by atoms with Crippen molar-refractivity contribution in [3.05, 3.63) is 34.6 Å². The van der Waals surface area contributed by atoms with Gasteiger partial charge in [-0.1, -0.05) is 33.6 Å². The molecule has 1 rings (SSSR count). The van der Waals surface area contributed by atoms with Crippen molar-refractivity contribution in [2.24, 2.45) is 5.92 Å². The second-order valence-corrected chi connectivity index (χ2v) is 5.46. The molecule has 1 atom stereocenters. The van der Waals surface area contributed by atoms with Crippen molar-refractivity contribution >= 4 is 0 Å². The van der Waals surface area contributed by atoms with Crippen molar-refractivity contribution in [1.29, 1.82) is 0 Å². The van der Waals surface area contributed by atoms with Gasteiger partial charge in [-0.15, -0.1) is 0 Å². The molecule has 0 aromatic heterocycles. The van der Waals surface area contributed by atoms with Crippen LogP contribution in [0.15, 0.2) is 12.1 Å². The van der Waals surface area contributed by atoms with Crippen molar-refractivity contribution in [3.63, 3.8) is 0 Å². The lowest BCUT2D eigenvalue weighted by molar-refractivity contribution is 0.339. The van der Waals surface area contributed by atoms with Gasteiger partial charge in [-0.25, -0.2) is 4.39 Å². The van der Waals surface area contributed by atoms with E-state index in [2.05, 4.69) is 26.1 Å². The minimum absolute atomic E-state index is 0.127. The Kier molecular flexibility index (Phi) is 6.50. The molecule has 1 N–H and O–H groups in total. The summed E-state index contributed by atoms with van der Waals surface area (Å²) < 4.78 is 13.5. The van der Waals surface area contributed by atoms with Crippen LogP contribution in [0.3, 0.4) is 0 Å². The first-order chi connectivity index (χ1) is 9.04. The van der Waals surface area contributed by atoms with Crippen LogP contribution >= 0.6 is 0 Å². The van der Waals surface area contributed by atoms with Gasteiger partial charge in [0.15, 0.2) is 0 Å². The molecule has 0 radical (unpaired) electrons. The summed E-state index contributed by atoms with van der Waals surface area (Å²) in [6.45, 7) is 11.7. The zero-order valence-corrected chi connectivity index (χ0v) is 13.0. The van der Waals surface area contributed by atoms with E-state index >= 15 is 0 Å². The van der Waals surface area contributed by atoms with Gasteiger partial charge in [-0.3, -0.25) is 0 Å². The van der Waals surface area contributed by atoms with E-state index in [0.29, 0.717) is 12.0 Å². The van der Waals surface area contributed by atoms with E-state index < -0.39 is 0 Å². The van der Waals surface area contributed by atoms with Gasteiger partial charge < -0.3 is 5.32 Å². The molecule has 108 valence electrons. The first-order valence-corrected chi connectivity index (χ1v) is 7.55. The average Bonchev–Trinajstić information content (AvgIpc) is 2.35. The molecule has 1 aromatic rings. The molecule has 0 bridgehead atoms. The maximum atomic E-state index is 13.5. The molecule has 0 aliphatic rings. The number of benzene rings is 1. The fraction of sp³-hybridized carbons (Fsp3) is 0.647. The lowest BCUT2D eigenvalue weighted by Gasteiger charge is -2.30. The topological polar surface area (TPSA) is 12.0 Å². The summed E-state index contributed by atoms with van der Waals surface area (Å²) in [5.74, 6) is 0.479. The second-order valence-electron chi connectivity index (χ2n) is 5.46. The van der Waals surface area contributed by atoms with Crippen LogP contribution in [0.25, 0.3) is 0 Å². The average molecular weight is 265 g/mol. The summed E-state index contributed by atoms with van der Waals surface area (Å²) in [6.07, 6.45) is 3.41. The van der Waals surface area contributed by atoms with Gasteiger partial charge in [0.25, 0.3) is 0 Å². The maximum Gasteiger partial charge on any atom is 0.123 e. The zero-order chi connectivity index (χ0) is 14.4. The van der Waals surface area contributed by atoms with Crippen molar-refractivity contribution < 1.29 is 4.39 Å². The van der Waals surface area contributed by atoms with Gasteiger partial charge in [0.05, 0.1) is 0 Å². The monoisotopic (exact) mass is 265 g/mol. The smallest absolute Gasteiger partial charge is 0.123 e. The van der Waals surface area contributed by atoms with Gasteiger partial charge in [0, 0.05) is 6.04 Å². The van der Waals surface area contributed by atoms with Crippen molar-refractivity contribution in [1.82, 2.24) is 5.32 Å². The Hall–Kier alpha value is -0.890. The summed E-state index contributed by atoms with van der Waals surface area (Å²) >= 11 is 0. The highest BCUT2D eigenvalue weighted by atomic mass is 19.1. The molecule has 1 nitrogen and oxygen atoms in total. The minimum Gasteiger partial charge on any atom is -0.310 e. The van der Waals surface area contributed by atoms with Gasteiger partial charge in [-0.2, -0.15) is 0 Å². The first-order valence-electron chi connectivity index (χ1n) is 7.55. The van der Waals surface area contributed by atoms with Crippen molar-refractivity contribution in [3.8, 4) is 0 Å². The van der Waals surface area contributed by atoms with Crippen LogP contribution < -0.4 is 5.32 Å². The quantitative estimate of drug-likeness (QED) is 0.738. The Balaban J connectivity index is 3.16. The lowest BCUT2D eigenvalue weighted by Crippen LogP contribution is -2.30. The van der Waals surface area contributed by atoms with Crippen LogP contribution in [-0.2, 0) is 0 Å². The standard InChI is InChI=1S/C17H28FN/c1-6-9-19-17(14(7-2)8-3)16-12(4)10-15(18)11-13(16)5/h10-11,14,17,19H,6-9H2,1-5H3. The molecule has 0 amide bonds. The summed E-state index contributed by atoms with van der Waals surface area (Å²) in [7, 11) is 0. The molecule has 0 aliphatic heterocycles. The van der Waals surface area contributed by atoms with E-state index in [-0.39, 0.29) is 5.82 Å². The largest absolute Gasteiger partial charge is 0.310 e. The number of halogens is 1. The number of hydrogen-bond donors (Lipinski definition) is 1. The molecule has 0 spiro atoms. The van der Waals surface area contributed by atoms with Gasteiger partial charge in [-0.05, 0) is 61.6 Å². The highest BCUT2D eigenvalue weighted by Gasteiger charge is 2.23. The Morgan fingerprint density at radius 1 is 1.05 bits per heavy atom. The Morgan fingerprint density at radius 3 is 2.00 bits per heavy atom. The predicted molar refractivity (Wildman–Crippen MR) is 81.0 cm³/mol. The summed E-state index contributed by atoms with van der Waals surface area (Å²) in [5, 5.41) is 3.67. The molecular formula is C17H28FN. The number of rotatable bonds is 7. The van der Waals surface area contributed by atoms with E-state index in [1.54, 1.807) is 12.1 Å². The van der Waals surface area contributed by atoms with Gasteiger partial charge in [0.2, 0.25) is 0 Å². The van der Waals surface area contributed by atoms with Crippen LogP contribution in [-0.4, -0.2) is 6.54 Å². The van der Waals surface area contributed by atoms with Crippen LogP contribution in [0.5, 0.6) is 0 Å². The third-order valence-electron chi connectivity index (χ3n) is 4.00. The van der Waals surface area contributed by atoms with E-state index in [1.807, 2.05) is 13.8 Å². The van der Waals surface area contributed by atoms with E-state index in [4.69, 9.17) is 0 Å². The second kappa shape index (κ2) is 7.64. The number of aryl methyl sites for hydroxylation is 2. The summed E-state index contributed by atoms with van der Waals surface area (Å²) in [6, 6.07) is 3.66. The van der Waals surface area contributed by atoms with Crippen LogP contribution in [0, 0.1) is 25.6 Å². The maximum absolute atomic E-state index is 13.5. The molecule has 0 heterocycles. The van der Waals surface area contributed by atoms with Crippen LogP contribution in [0.1, 0.15) is 62.8 Å². The summed E-state index contributed by atoms with van der Waals surface area (Å²) in [5.41, 5.74) is 3.43. The lowest BCUT2D eigenvalue weighted by atomic mass is 9.84. The number of nitrogens with one attached hydrogen (secondary N) is 1. The molecule has 0 saturated heterocycles. The predicted octanol–water partition coefficient (Wildman–Crippen LogP) is 4.92. The third-order valence-corrected chi connectivity index (χ3v) is 4.00. The summed E-state index contributed by atoms with van der Waals surface area (Å²) in [4.78, 5) is 0. The minimum atomic E-state index is -0.127. The molecule has 2 heteroatoms. The van der Waals surface area contributed by atoms with E-state index in [9.17, 15) is 4.39 Å². The molecule has 0 aliphatic carbocycles. The molecule has 1 aromatic carbocycles. The van der Waals surface area contributed by atoms with E-state index in [1.165, 1.54) is 5.56 Å². The number of hydrogen-bond acceptors (Lipinski definition) is 1. The van der Waals surface area contributed by atoms with E-state index in [0.717, 1.165) is 36.9 Å². The molecule has 0 saturated carbocycles. The Morgan fingerprint density at radius 2 is 1.58 bits per heavy atom. The highest BCUT2D eigenvalue weighted by molar-refractivity contribution is 5.37. The zero-order valence-electron chi connectivity index (χ0n) is 13.0. The third kappa shape index (κ3) is 4.04. The normalized spacial score (nSPS) is 13.0. The van der Waals surface area contributed by atoms with Gasteiger partial charge in [0.1, 0.15) is 5.82 Å². The first kappa shape index (κ1) is 16.2. The van der Waals surface area contributed by atoms with Crippen LogP contribution in [0.4, 0.5) is 4.39 Å². The van der Waals surface area contributed by atoms with Crippen molar-refractivity contribution in [2.75, 3.05) is 6.54 Å². The Bertz CT molecular complexity index is 373. The van der Waals surface area contributed by atoms with Crippen molar-refractivity contribution in [2.45, 2.75) is 59.9 Å². The fourth-order valence-corrected chi connectivity index (χ4v) is 2.98. The Labute approximate surface area is 117 Å². The van der Waals surface area contributed by atoms with Gasteiger partial charge >= 0.3 is 0 Å². The highest BCUT2D eigenvalue weighted by Crippen LogP contribution is 2.32. The molecule has 1 unspecified atom stereocenters.